The van der Waals surface area contributed by atoms with Crippen molar-refractivity contribution in [2.24, 2.45) is 0 Å². The van der Waals surface area contributed by atoms with Crippen LogP contribution in [0.15, 0.2) is 143 Å². The Balaban J connectivity index is 1.57. The van der Waals surface area contributed by atoms with Gasteiger partial charge in [-0.25, -0.2) is 0 Å². The van der Waals surface area contributed by atoms with E-state index >= 15 is 0 Å². The molecule has 216 valence electrons. The summed E-state index contributed by atoms with van der Waals surface area (Å²) in [6.45, 7) is 0. The molecule has 0 radical (unpaired) electrons. The van der Waals surface area contributed by atoms with Gasteiger partial charge < -0.3 is 4.42 Å². The molecule has 9 rings (SSSR count). The molecule has 4 unspecified atom stereocenters. The molecule has 0 saturated heterocycles. The molecule has 1 nitrogen and oxygen atoms in total. The maximum absolute atomic E-state index is 9.51. The number of hydrogen-bond acceptors (Lipinski definition) is 1. The fourth-order valence-corrected chi connectivity index (χ4v) is 5.75. The SMILES string of the molecule is [2H]c1cc2c(oc3c([2H])c(-c4c([2H])c([2H])c([2H])c([2H])c4[2H])c([2H])c([2H])c32)c(-c2c3c([2H])c([2H])c([2H])c([2H])c3c(-c3c([2H])c([2H])c([2H])c([2H])c3C3C([2H])C([2H])C([2H])C([2H])C3[2H])c3c([2H])c([2H])c([2H])c([2H])c23)c1[2H]. The molecule has 8 aromatic rings. The summed E-state index contributed by atoms with van der Waals surface area (Å²) in [6.07, 6.45) is -8.70. The largest absolute Gasteiger partial charge is 0.455 e. The maximum atomic E-state index is 9.51. The zero-order valence-corrected chi connectivity index (χ0v) is 22.9. The van der Waals surface area contributed by atoms with Crippen molar-refractivity contribution < 1.29 is 41.4 Å². The van der Waals surface area contributed by atoms with Crippen molar-refractivity contribution in [2.45, 2.75) is 37.9 Å². The minimum atomic E-state index is -1.82. The molecule has 0 bridgehead atoms. The van der Waals surface area contributed by atoms with Crippen LogP contribution in [-0.2, 0) is 0 Å². The number of benzene rings is 7. The van der Waals surface area contributed by atoms with Gasteiger partial charge in [0, 0.05) is 28.8 Å². The van der Waals surface area contributed by atoms with Gasteiger partial charge in [0.05, 0.1) is 30.2 Å². The van der Waals surface area contributed by atoms with Crippen LogP contribution in [-0.4, -0.2) is 0 Å². The van der Waals surface area contributed by atoms with Crippen molar-refractivity contribution in [3.8, 4) is 33.4 Å². The summed E-state index contributed by atoms with van der Waals surface area (Å²) in [7, 11) is 0. The van der Waals surface area contributed by atoms with E-state index in [9.17, 15) is 12.3 Å². The molecule has 0 N–H and O–H groups in total. The van der Waals surface area contributed by atoms with Crippen LogP contribution in [0.1, 0.15) is 80.5 Å². The fraction of sp³-hybridized carbons (Fsp3) is 0.136. The highest BCUT2D eigenvalue weighted by atomic mass is 16.3. The molecular weight excluding hydrogens is 544 g/mol. The summed E-state index contributed by atoms with van der Waals surface area (Å²) in [5, 5.41) is -3.40. The molecule has 1 saturated carbocycles. The Labute approximate surface area is 301 Å². The Bertz CT molecular complexity index is 3660. The average molecular weight is 606 g/mol. The topological polar surface area (TPSA) is 13.1 Å². The van der Waals surface area contributed by atoms with Gasteiger partial charge in [0.1, 0.15) is 11.2 Å². The fourth-order valence-electron chi connectivity index (χ4n) is 5.75. The highest BCUT2D eigenvalue weighted by Crippen LogP contribution is 2.48. The number of para-hydroxylation sites is 1. The lowest BCUT2D eigenvalue weighted by Gasteiger charge is -2.26. The van der Waals surface area contributed by atoms with Crippen LogP contribution >= 0.6 is 0 Å². The number of furan rings is 1. The van der Waals surface area contributed by atoms with Gasteiger partial charge in [-0.1, -0.05) is 146 Å². The van der Waals surface area contributed by atoms with Gasteiger partial charge in [-0.3, -0.25) is 0 Å². The first-order valence-corrected chi connectivity index (χ1v) is 13.8. The smallest absolute Gasteiger partial charge is 0.143 e. The van der Waals surface area contributed by atoms with Gasteiger partial charge in [-0.15, -0.1) is 0 Å². The third-order valence-electron chi connectivity index (χ3n) is 7.67. The maximum Gasteiger partial charge on any atom is 0.143 e. The lowest BCUT2D eigenvalue weighted by molar-refractivity contribution is 0.444. The normalized spacial score (nSPS) is 32.0. The first kappa shape index (κ1) is 10.7. The van der Waals surface area contributed by atoms with E-state index in [1.165, 1.54) is 0 Å². The summed E-state index contributed by atoms with van der Waals surface area (Å²) < 4.78 is 248. The minimum absolute atomic E-state index is 0.282. The van der Waals surface area contributed by atoms with Crippen molar-refractivity contribution in [1.29, 1.82) is 0 Å². The molecule has 45 heavy (non-hydrogen) atoms. The minimum Gasteiger partial charge on any atom is -0.455 e. The van der Waals surface area contributed by atoms with Crippen molar-refractivity contribution in [1.82, 2.24) is 0 Å². The molecular formula is C44H34O. The average Bonchev–Trinajstić information content (AvgIpc) is 3.73. The van der Waals surface area contributed by atoms with Gasteiger partial charge in [-0.2, -0.15) is 0 Å². The van der Waals surface area contributed by atoms with Crippen molar-refractivity contribution in [2.75, 3.05) is 0 Å². The molecule has 1 aliphatic rings. The molecule has 4 atom stereocenters. The zero-order chi connectivity index (χ0) is 53.2. The predicted octanol–water partition coefficient (Wildman–Crippen LogP) is 12.9. The van der Waals surface area contributed by atoms with E-state index < -0.39 is 242 Å². The van der Waals surface area contributed by atoms with E-state index in [4.69, 9.17) is 29.1 Å². The first-order valence-electron chi connectivity index (χ1n) is 27.7. The third kappa shape index (κ3) is 4.30. The van der Waals surface area contributed by atoms with E-state index in [2.05, 4.69) is 0 Å². The van der Waals surface area contributed by atoms with Gasteiger partial charge in [0.25, 0.3) is 0 Å². The summed E-state index contributed by atoms with van der Waals surface area (Å²) in [4.78, 5) is 0. The van der Waals surface area contributed by atoms with Gasteiger partial charge >= 0.3 is 0 Å². The van der Waals surface area contributed by atoms with Crippen molar-refractivity contribution in [3.05, 3.63) is 145 Å². The molecule has 1 fully saturated rings. The zero-order valence-electron chi connectivity index (χ0n) is 49.9. The van der Waals surface area contributed by atoms with Gasteiger partial charge in [0.2, 0.25) is 0 Å². The molecule has 0 spiro atoms. The molecule has 0 amide bonds. The van der Waals surface area contributed by atoms with Crippen LogP contribution in [0, 0.1) is 0 Å². The Morgan fingerprint density at radius 2 is 1.11 bits per heavy atom. The van der Waals surface area contributed by atoms with Crippen LogP contribution in [0.25, 0.3) is 76.9 Å². The Kier molecular flexibility index (Phi) is 2.57. The van der Waals surface area contributed by atoms with Crippen molar-refractivity contribution in [3.63, 3.8) is 0 Å². The molecule has 1 aliphatic carbocycles. The van der Waals surface area contributed by atoms with Crippen LogP contribution in [0.3, 0.4) is 0 Å². The Morgan fingerprint density at radius 1 is 0.511 bits per heavy atom. The number of rotatable bonds is 4. The van der Waals surface area contributed by atoms with Crippen LogP contribution in [0.4, 0.5) is 0 Å². The summed E-state index contributed by atoms with van der Waals surface area (Å²) in [5.74, 6) is -1.79. The third-order valence-corrected chi connectivity index (χ3v) is 7.67. The molecule has 1 heterocycles. The lowest BCUT2D eigenvalue weighted by Crippen LogP contribution is -2.06. The summed E-state index contributed by atoms with van der Waals surface area (Å²) in [6, 6.07) is -18.5. The number of hydrogen-bond donors (Lipinski definition) is 0. The molecule has 7 aromatic carbocycles. The standard InChI is InChI=1S/C44H34O/c1-3-14-29(15-4-1)31-26-27-33-39-24-13-25-40(44(39)45-41(33)28-31)43-37-22-11-9-20-35(37)42(36-21-10-12-23-38(36)43)34-19-8-7-18-32(34)30-16-5-2-6-17-30/h1,3-4,7-15,18-28,30H,2,5-6,16-17H2/i1D,2D,3D,4D,5D,6D,7D,8D,9D,10D,11D,12D,13D,14D,15D,16D,17D,18D,19D,20D,21D,22D,23D,25D,26D,27D,28D. The van der Waals surface area contributed by atoms with Crippen LogP contribution in [0.5, 0.6) is 0 Å². The second-order valence-corrected chi connectivity index (χ2v) is 10.1. The monoisotopic (exact) mass is 605 g/mol. The van der Waals surface area contributed by atoms with Crippen LogP contribution < -0.4 is 0 Å². The molecule has 1 heteroatoms. The highest BCUT2D eigenvalue weighted by molar-refractivity contribution is 6.24. The summed E-state index contributed by atoms with van der Waals surface area (Å²) >= 11 is 0. The lowest BCUT2D eigenvalue weighted by atomic mass is 9.78. The second kappa shape index (κ2) is 10.8. The van der Waals surface area contributed by atoms with E-state index in [0.717, 1.165) is 6.07 Å². The van der Waals surface area contributed by atoms with Crippen LogP contribution in [0.2, 0.25) is 0 Å². The molecule has 0 aliphatic heterocycles. The van der Waals surface area contributed by atoms with Gasteiger partial charge in [-0.05, 0) is 80.2 Å². The second-order valence-electron chi connectivity index (χ2n) is 10.1. The predicted molar refractivity (Wildman–Crippen MR) is 191 cm³/mol. The van der Waals surface area contributed by atoms with E-state index in [1.807, 2.05) is 0 Å². The van der Waals surface area contributed by atoms with E-state index in [-0.39, 0.29) is 10.8 Å². The number of fused-ring (bicyclic) bond motifs is 5. The first-order chi connectivity index (χ1) is 33.6. The quantitative estimate of drug-likeness (QED) is 0.182. The Morgan fingerprint density at radius 3 is 1.82 bits per heavy atom. The van der Waals surface area contributed by atoms with Gasteiger partial charge in [0.15, 0.2) is 0 Å². The molecule has 1 aromatic heterocycles. The van der Waals surface area contributed by atoms with Crippen molar-refractivity contribution >= 4 is 43.5 Å². The van der Waals surface area contributed by atoms with E-state index in [0.29, 0.717) is 0 Å². The van der Waals surface area contributed by atoms with E-state index in [1.54, 1.807) is 0 Å². The highest BCUT2D eigenvalue weighted by Gasteiger charge is 2.24. The Hall–Kier alpha value is -5.14. The summed E-state index contributed by atoms with van der Waals surface area (Å²) in [5.41, 5.74) is -5.67.